The molecule has 0 bridgehead atoms. The Kier molecular flexibility index (Phi) is 5.45. The lowest BCUT2D eigenvalue weighted by Gasteiger charge is -2.04. The second-order valence-electron chi connectivity index (χ2n) is 5.11. The highest BCUT2D eigenvalue weighted by Crippen LogP contribution is 2.19. The van der Waals surface area contributed by atoms with E-state index in [0.29, 0.717) is 5.15 Å². The molecule has 6 heteroatoms. The summed E-state index contributed by atoms with van der Waals surface area (Å²) in [4.78, 5) is 19.7. The molecule has 124 valence electrons. The molecule has 0 radical (unpaired) electrons. The van der Waals surface area contributed by atoms with Gasteiger partial charge in [0.2, 0.25) is 0 Å². The number of rotatable bonds is 3. The fraction of sp³-hybridized carbons (Fsp3) is 0.105. The van der Waals surface area contributed by atoms with Crippen LogP contribution in [0.5, 0.6) is 0 Å². The predicted octanol–water partition coefficient (Wildman–Crippen LogP) is 3.56. The topological polar surface area (TPSA) is 64.1 Å². The Bertz CT molecular complexity index is 949. The van der Waals surface area contributed by atoms with Gasteiger partial charge in [-0.1, -0.05) is 53.8 Å². The number of benzene rings is 2. The molecule has 0 aliphatic rings. The summed E-state index contributed by atoms with van der Waals surface area (Å²) >= 11 is 6.00. The summed E-state index contributed by atoms with van der Waals surface area (Å²) in [6.07, 6.45) is 0.905. The maximum absolute atomic E-state index is 11.6. The van der Waals surface area contributed by atoms with Gasteiger partial charge in [0.25, 0.3) is 0 Å². The van der Waals surface area contributed by atoms with E-state index in [0.717, 1.165) is 22.0 Å². The predicted molar refractivity (Wildman–Crippen MR) is 96.1 cm³/mol. The van der Waals surface area contributed by atoms with Gasteiger partial charge in [-0.2, -0.15) is 0 Å². The van der Waals surface area contributed by atoms with Crippen molar-refractivity contribution in [1.29, 1.82) is 0 Å². The van der Waals surface area contributed by atoms with Crippen LogP contribution in [0.3, 0.4) is 0 Å². The van der Waals surface area contributed by atoms with Gasteiger partial charge >= 0.3 is 6.09 Å². The molecular formula is C19H14ClN3O2. The number of nitrogens with zero attached hydrogens (tertiary/aromatic N) is 2. The first-order valence-corrected chi connectivity index (χ1v) is 7.94. The standard InChI is InChI=1S/C19H14ClN3O2/c20-18-16-9-8-14(11-17(16)22-13-23-18)7-4-10-21-19(24)25-12-15-5-2-1-3-6-15/h1-3,5-6,8-9,11,13H,10,12H2,(H,21,24). The number of halogens is 1. The minimum Gasteiger partial charge on any atom is -0.445 e. The molecule has 25 heavy (non-hydrogen) atoms. The van der Waals surface area contributed by atoms with Crippen molar-refractivity contribution in [2.45, 2.75) is 6.61 Å². The molecule has 3 aromatic rings. The summed E-state index contributed by atoms with van der Waals surface area (Å²) in [6.45, 7) is 0.418. The number of nitrogens with one attached hydrogen (secondary N) is 1. The van der Waals surface area contributed by atoms with Crippen molar-refractivity contribution < 1.29 is 9.53 Å². The average molecular weight is 352 g/mol. The van der Waals surface area contributed by atoms with E-state index in [-0.39, 0.29) is 13.2 Å². The van der Waals surface area contributed by atoms with Crippen LogP contribution in [0.1, 0.15) is 11.1 Å². The first-order valence-electron chi connectivity index (χ1n) is 7.56. The summed E-state index contributed by atoms with van der Waals surface area (Å²) in [5.41, 5.74) is 2.43. The van der Waals surface area contributed by atoms with Crippen molar-refractivity contribution in [2.24, 2.45) is 0 Å². The molecule has 0 fully saturated rings. The summed E-state index contributed by atoms with van der Waals surface area (Å²) in [7, 11) is 0. The number of fused-ring (bicyclic) bond motifs is 1. The van der Waals surface area contributed by atoms with E-state index in [9.17, 15) is 4.79 Å². The zero-order valence-electron chi connectivity index (χ0n) is 13.2. The van der Waals surface area contributed by atoms with Crippen molar-refractivity contribution in [2.75, 3.05) is 6.54 Å². The molecule has 2 aromatic carbocycles. The quantitative estimate of drug-likeness (QED) is 0.579. The molecule has 1 N–H and O–H groups in total. The van der Waals surface area contributed by atoms with Crippen LogP contribution in [0.2, 0.25) is 5.15 Å². The van der Waals surface area contributed by atoms with Crippen LogP contribution in [0.4, 0.5) is 4.79 Å². The van der Waals surface area contributed by atoms with Crippen LogP contribution in [0.15, 0.2) is 54.9 Å². The Morgan fingerprint density at radius 2 is 2.00 bits per heavy atom. The maximum Gasteiger partial charge on any atom is 0.408 e. The molecular weight excluding hydrogens is 338 g/mol. The number of aromatic nitrogens is 2. The molecule has 0 spiro atoms. The first-order chi connectivity index (χ1) is 12.2. The molecule has 0 saturated heterocycles. The van der Waals surface area contributed by atoms with Crippen molar-refractivity contribution in [3.8, 4) is 11.8 Å². The van der Waals surface area contributed by atoms with Gasteiger partial charge in [-0.15, -0.1) is 0 Å². The van der Waals surface area contributed by atoms with E-state index >= 15 is 0 Å². The van der Waals surface area contributed by atoms with Crippen molar-refractivity contribution in [3.05, 3.63) is 71.1 Å². The Labute approximate surface area is 150 Å². The maximum atomic E-state index is 11.6. The van der Waals surface area contributed by atoms with Gasteiger partial charge in [-0.25, -0.2) is 14.8 Å². The van der Waals surface area contributed by atoms with Crippen LogP contribution in [-0.4, -0.2) is 22.6 Å². The molecule has 0 saturated carbocycles. The first kappa shape index (κ1) is 16.7. The molecule has 0 aliphatic carbocycles. The van der Waals surface area contributed by atoms with Crippen molar-refractivity contribution in [1.82, 2.24) is 15.3 Å². The van der Waals surface area contributed by atoms with Crippen LogP contribution in [0, 0.1) is 11.8 Å². The van der Waals surface area contributed by atoms with Crippen molar-refractivity contribution in [3.63, 3.8) is 0 Å². The monoisotopic (exact) mass is 351 g/mol. The highest BCUT2D eigenvalue weighted by Gasteiger charge is 2.02. The van der Waals surface area contributed by atoms with E-state index in [2.05, 4.69) is 27.1 Å². The normalized spacial score (nSPS) is 9.96. The highest BCUT2D eigenvalue weighted by molar-refractivity contribution is 6.34. The average Bonchev–Trinajstić information content (AvgIpc) is 2.64. The largest absolute Gasteiger partial charge is 0.445 e. The third-order valence-electron chi connectivity index (χ3n) is 3.35. The molecule has 1 heterocycles. The zero-order chi connectivity index (χ0) is 17.5. The Morgan fingerprint density at radius 1 is 1.16 bits per heavy atom. The number of alkyl carbamates (subject to hydrolysis) is 1. The van der Waals surface area contributed by atoms with Crippen LogP contribution in [-0.2, 0) is 11.3 Å². The third kappa shape index (κ3) is 4.69. The number of hydrogen-bond donors (Lipinski definition) is 1. The Balaban J connectivity index is 1.51. The van der Waals surface area contributed by atoms with Crippen molar-refractivity contribution >= 4 is 28.6 Å². The second-order valence-corrected chi connectivity index (χ2v) is 5.47. The number of amides is 1. The summed E-state index contributed by atoms with van der Waals surface area (Å²) in [5, 5.41) is 3.77. The zero-order valence-corrected chi connectivity index (χ0v) is 14.0. The Hall–Kier alpha value is -3.10. The van der Waals surface area contributed by atoms with Gasteiger partial charge < -0.3 is 10.1 Å². The molecule has 0 atom stereocenters. The van der Waals surface area contributed by atoms with E-state index in [1.54, 1.807) is 0 Å². The lowest BCUT2D eigenvalue weighted by atomic mass is 10.1. The summed E-state index contributed by atoms with van der Waals surface area (Å²) in [5.74, 6) is 5.83. The third-order valence-corrected chi connectivity index (χ3v) is 3.66. The fourth-order valence-electron chi connectivity index (χ4n) is 2.14. The van der Waals surface area contributed by atoms with E-state index in [4.69, 9.17) is 16.3 Å². The smallest absolute Gasteiger partial charge is 0.408 e. The lowest BCUT2D eigenvalue weighted by Crippen LogP contribution is -2.24. The van der Waals surface area contributed by atoms with Gasteiger partial charge in [0, 0.05) is 10.9 Å². The summed E-state index contributed by atoms with van der Waals surface area (Å²) in [6, 6.07) is 15.0. The summed E-state index contributed by atoms with van der Waals surface area (Å²) < 4.78 is 5.10. The number of carbonyl (C=O) groups excluding carboxylic acids is 1. The molecule has 3 rings (SSSR count). The van der Waals surface area contributed by atoms with Crippen LogP contribution < -0.4 is 5.32 Å². The van der Waals surface area contributed by atoms with Gasteiger partial charge in [0.05, 0.1) is 12.1 Å². The molecule has 0 unspecified atom stereocenters. The van der Waals surface area contributed by atoms with Gasteiger partial charge in [-0.3, -0.25) is 0 Å². The van der Waals surface area contributed by atoms with E-state index in [1.807, 2.05) is 48.5 Å². The number of ether oxygens (including phenoxy) is 1. The SMILES string of the molecule is O=C(NCC#Cc1ccc2c(Cl)ncnc2c1)OCc1ccccc1. The van der Waals surface area contributed by atoms with Gasteiger partial charge in [0.15, 0.2) is 0 Å². The minimum absolute atomic E-state index is 0.191. The highest BCUT2D eigenvalue weighted by atomic mass is 35.5. The lowest BCUT2D eigenvalue weighted by molar-refractivity contribution is 0.141. The van der Waals surface area contributed by atoms with Gasteiger partial charge in [0.1, 0.15) is 18.1 Å². The van der Waals surface area contributed by atoms with E-state index in [1.165, 1.54) is 6.33 Å². The van der Waals surface area contributed by atoms with Crippen LogP contribution in [0.25, 0.3) is 10.9 Å². The molecule has 0 aliphatic heterocycles. The van der Waals surface area contributed by atoms with Crippen LogP contribution >= 0.6 is 11.6 Å². The van der Waals surface area contributed by atoms with E-state index < -0.39 is 6.09 Å². The minimum atomic E-state index is -0.504. The Morgan fingerprint density at radius 3 is 2.84 bits per heavy atom. The number of carbonyl (C=O) groups is 1. The molecule has 1 amide bonds. The fourth-order valence-corrected chi connectivity index (χ4v) is 2.34. The second kappa shape index (κ2) is 8.13. The molecule has 5 nitrogen and oxygen atoms in total. The molecule has 1 aromatic heterocycles. The number of hydrogen-bond acceptors (Lipinski definition) is 4. The van der Waals surface area contributed by atoms with Gasteiger partial charge in [-0.05, 0) is 23.8 Å².